The summed E-state index contributed by atoms with van der Waals surface area (Å²) in [5.74, 6) is -0.385. The Morgan fingerprint density at radius 2 is 1.65 bits per heavy atom. The maximum atomic E-state index is 14.0. The van der Waals surface area contributed by atoms with Crippen LogP contribution < -0.4 is 14.4 Å². The average molecular weight is 631 g/mol. The molecule has 0 saturated heterocycles. The van der Waals surface area contributed by atoms with Crippen LogP contribution >= 0.6 is 15.9 Å². The smallest absolute Gasteiger partial charge is 0.264 e. The highest BCUT2D eigenvalue weighted by Gasteiger charge is 2.33. The van der Waals surface area contributed by atoms with E-state index in [-0.39, 0.29) is 29.1 Å². The molecular weight excluding hydrogens is 594 g/mol. The van der Waals surface area contributed by atoms with Gasteiger partial charge in [0.2, 0.25) is 11.8 Å². The fourth-order valence-electron chi connectivity index (χ4n) is 3.97. The molecule has 0 aromatic heterocycles. The van der Waals surface area contributed by atoms with Gasteiger partial charge in [0.1, 0.15) is 18.3 Å². The van der Waals surface area contributed by atoms with E-state index >= 15 is 0 Å². The van der Waals surface area contributed by atoms with Gasteiger partial charge >= 0.3 is 0 Å². The summed E-state index contributed by atoms with van der Waals surface area (Å²) in [6.45, 7) is 6.98. The highest BCUT2D eigenvalue weighted by atomic mass is 79.9. The van der Waals surface area contributed by atoms with Crippen LogP contribution in [-0.2, 0) is 26.2 Å². The van der Waals surface area contributed by atoms with Gasteiger partial charge in [-0.2, -0.15) is 0 Å². The van der Waals surface area contributed by atoms with Gasteiger partial charge in [0, 0.05) is 23.1 Å². The van der Waals surface area contributed by atoms with E-state index in [9.17, 15) is 18.0 Å². The topological polar surface area (TPSA) is 96.0 Å². The molecular formula is C30H36BrN3O5S. The molecule has 2 unspecified atom stereocenters. The quantitative estimate of drug-likeness (QED) is 0.294. The molecule has 3 rings (SSSR count). The molecule has 8 nitrogen and oxygen atoms in total. The van der Waals surface area contributed by atoms with E-state index in [1.807, 2.05) is 45.0 Å². The van der Waals surface area contributed by atoms with Crippen molar-refractivity contribution in [2.75, 3.05) is 18.0 Å². The summed E-state index contributed by atoms with van der Waals surface area (Å²) in [5.41, 5.74) is 1.98. The van der Waals surface area contributed by atoms with Crippen molar-refractivity contribution in [3.05, 3.63) is 88.4 Å². The normalized spacial score (nSPS) is 12.8. The van der Waals surface area contributed by atoms with Crippen LogP contribution in [0.5, 0.6) is 5.75 Å². The molecule has 3 aromatic carbocycles. The Morgan fingerprint density at radius 1 is 1.00 bits per heavy atom. The molecule has 0 bridgehead atoms. The van der Waals surface area contributed by atoms with Crippen molar-refractivity contribution in [1.82, 2.24) is 10.2 Å². The summed E-state index contributed by atoms with van der Waals surface area (Å²) >= 11 is 3.42. The minimum Gasteiger partial charge on any atom is -0.497 e. The highest BCUT2D eigenvalue weighted by molar-refractivity contribution is 9.10. The van der Waals surface area contributed by atoms with Crippen LogP contribution in [0.25, 0.3) is 0 Å². The number of amides is 2. The molecule has 40 heavy (non-hydrogen) atoms. The number of halogens is 1. The molecule has 3 aromatic rings. The third-order valence-electron chi connectivity index (χ3n) is 6.66. The number of ether oxygens (including phenoxy) is 1. The summed E-state index contributed by atoms with van der Waals surface area (Å²) in [6.07, 6.45) is 0.734. The highest BCUT2D eigenvalue weighted by Crippen LogP contribution is 2.28. The number of hydrogen-bond acceptors (Lipinski definition) is 5. The lowest BCUT2D eigenvalue weighted by atomic mass is 10.1. The number of nitrogens with zero attached hydrogens (tertiary/aromatic N) is 2. The van der Waals surface area contributed by atoms with Crippen LogP contribution in [0.2, 0.25) is 0 Å². The van der Waals surface area contributed by atoms with Gasteiger partial charge in [-0.25, -0.2) is 8.42 Å². The molecule has 2 amide bonds. The van der Waals surface area contributed by atoms with Crippen LogP contribution in [0, 0.1) is 6.92 Å². The third kappa shape index (κ3) is 7.85. The summed E-state index contributed by atoms with van der Waals surface area (Å²) in [4.78, 5) is 28.6. The first-order valence-electron chi connectivity index (χ1n) is 13.0. The minimum atomic E-state index is -4.15. The van der Waals surface area contributed by atoms with Gasteiger partial charge in [-0.15, -0.1) is 0 Å². The van der Waals surface area contributed by atoms with Crippen molar-refractivity contribution in [3.63, 3.8) is 0 Å². The number of anilines is 1. The molecule has 0 aliphatic carbocycles. The van der Waals surface area contributed by atoms with Crippen molar-refractivity contribution < 1.29 is 22.7 Å². The third-order valence-corrected chi connectivity index (χ3v) is 8.98. The van der Waals surface area contributed by atoms with E-state index in [1.165, 1.54) is 24.1 Å². The van der Waals surface area contributed by atoms with E-state index in [0.717, 1.165) is 26.3 Å². The fraction of sp³-hybridized carbons (Fsp3) is 0.333. The fourth-order valence-corrected chi connectivity index (χ4v) is 5.64. The maximum absolute atomic E-state index is 14.0. The second-order valence-corrected chi connectivity index (χ2v) is 12.4. The second kappa shape index (κ2) is 13.8. The number of benzene rings is 3. The van der Waals surface area contributed by atoms with Crippen LogP contribution in [0.15, 0.2) is 82.2 Å². The number of aryl methyl sites for hydroxylation is 1. The standard InChI is InChI=1S/C30H36BrN3O5S/c1-6-22(3)32-30(36)23(4)33(19-24-12-14-25(31)15-13-24)29(35)20-34(26-8-7-9-27(18-26)39-5)40(37,38)28-16-10-21(2)11-17-28/h7-18,22-23H,6,19-20H2,1-5H3,(H,32,36). The molecule has 1 N–H and O–H groups in total. The molecule has 0 fully saturated rings. The predicted octanol–water partition coefficient (Wildman–Crippen LogP) is 5.29. The number of carbonyl (C=O) groups excluding carboxylic acids is 2. The molecule has 2 atom stereocenters. The number of carbonyl (C=O) groups is 2. The molecule has 10 heteroatoms. The van der Waals surface area contributed by atoms with Crippen LogP contribution in [0.1, 0.15) is 38.3 Å². The number of nitrogens with one attached hydrogen (secondary N) is 1. The molecule has 0 radical (unpaired) electrons. The first-order chi connectivity index (χ1) is 19.0. The predicted molar refractivity (Wildman–Crippen MR) is 161 cm³/mol. The van der Waals surface area contributed by atoms with Gasteiger partial charge in [0.05, 0.1) is 17.7 Å². The zero-order chi connectivity index (χ0) is 29.4. The molecule has 214 valence electrons. The number of sulfonamides is 1. The number of rotatable bonds is 12. The van der Waals surface area contributed by atoms with Gasteiger partial charge in [0.15, 0.2) is 0 Å². The Bertz CT molecular complexity index is 1410. The van der Waals surface area contributed by atoms with E-state index in [2.05, 4.69) is 21.2 Å². The molecule has 0 saturated carbocycles. The van der Waals surface area contributed by atoms with Crippen molar-refractivity contribution in [2.45, 2.75) is 57.6 Å². The summed E-state index contributed by atoms with van der Waals surface area (Å²) < 4.78 is 35.1. The van der Waals surface area contributed by atoms with E-state index < -0.39 is 28.5 Å². The Balaban J connectivity index is 2.04. The number of methoxy groups -OCH3 is 1. The Kier molecular flexibility index (Phi) is 10.8. The van der Waals surface area contributed by atoms with Crippen LogP contribution in [0.4, 0.5) is 5.69 Å². The van der Waals surface area contributed by atoms with Gasteiger partial charge < -0.3 is 15.0 Å². The van der Waals surface area contributed by atoms with Crippen molar-refractivity contribution >= 4 is 43.5 Å². The van der Waals surface area contributed by atoms with E-state index in [1.54, 1.807) is 43.3 Å². The molecule has 0 aliphatic heterocycles. The zero-order valence-electron chi connectivity index (χ0n) is 23.4. The Labute approximate surface area is 245 Å². The van der Waals surface area contributed by atoms with Gasteiger partial charge in [-0.3, -0.25) is 13.9 Å². The van der Waals surface area contributed by atoms with Gasteiger partial charge in [0.25, 0.3) is 10.0 Å². The summed E-state index contributed by atoms with van der Waals surface area (Å²) in [7, 11) is -2.66. The maximum Gasteiger partial charge on any atom is 0.264 e. The largest absolute Gasteiger partial charge is 0.497 e. The van der Waals surface area contributed by atoms with Crippen molar-refractivity contribution in [2.24, 2.45) is 0 Å². The zero-order valence-corrected chi connectivity index (χ0v) is 25.8. The first-order valence-corrected chi connectivity index (χ1v) is 15.3. The number of hydrogen-bond donors (Lipinski definition) is 1. The van der Waals surface area contributed by atoms with Crippen molar-refractivity contribution in [3.8, 4) is 5.75 Å². The minimum absolute atomic E-state index is 0.0516. The van der Waals surface area contributed by atoms with E-state index in [0.29, 0.717) is 5.75 Å². The second-order valence-electron chi connectivity index (χ2n) is 9.67. The lowest BCUT2D eigenvalue weighted by Gasteiger charge is -2.32. The summed E-state index contributed by atoms with van der Waals surface area (Å²) in [6, 6.07) is 19.5. The van der Waals surface area contributed by atoms with Gasteiger partial charge in [-0.1, -0.05) is 58.7 Å². The SMILES string of the molecule is CCC(C)NC(=O)C(C)N(Cc1ccc(Br)cc1)C(=O)CN(c1cccc(OC)c1)S(=O)(=O)c1ccc(C)cc1. The van der Waals surface area contributed by atoms with Crippen LogP contribution in [-0.4, -0.2) is 50.9 Å². The molecule has 0 heterocycles. The van der Waals surface area contributed by atoms with Gasteiger partial charge in [-0.05, 0) is 69.2 Å². The molecule has 0 aliphatic rings. The van der Waals surface area contributed by atoms with Crippen LogP contribution in [0.3, 0.4) is 0 Å². The Hall–Kier alpha value is -3.37. The monoisotopic (exact) mass is 629 g/mol. The van der Waals surface area contributed by atoms with E-state index in [4.69, 9.17) is 4.74 Å². The lowest BCUT2D eigenvalue weighted by Crippen LogP contribution is -2.52. The first kappa shape index (κ1) is 31.2. The average Bonchev–Trinajstić information content (AvgIpc) is 2.95. The van der Waals surface area contributed by atoms with Crippen molar-refractivity contribution in [1.29, 1.82) is 0 Å². The lowest BCUT2D eigenvalue weighted by molar-refractivity contribution is -0.139. The Morgan fingerprint density at radius 3 is 2.25 bits per heavy atom. The summed E-state index contributed by atoms with van der Waals surface area (Å²) in [5, 5.41) is 2.93. The molecule has 0 spiro atoms.